The van der Waals surface area contributed by atoms with Crippen molar-refractivity contribution in [3.05, 3.63) is 23.8 Å². The Morgan fingerprint density at radius 1 is 1.07 bits per heavy atom. The van der Waals surface area contributed by atoms with Gasteiger partial charge < -0.3 is 19.5 Å². The average Bonchev–Trinajstić information content (AvgIpc) is 3.02. The second-order valence-electron chi connectivity index (χ2n) is 8.34. The Kier molecular flexibility index (Phi) is 8.60. The number of β-amino-alcohol motifs (C(OH)–C–C–N with tert-alkyl or cyclic N) is 1. The highest BCUT2D eigenvalue weighted by Crippen LogP contribution is 2.29. The summed E-state index contributed by atoms with van der Waals surface area (Å²) in [6, 6.07) is 8.40. The SMILES string of the molecule is COc1cc(CN2CCC(C#N)CC2)ccc1OCC(O)CN1CCCCCC1. The number of benzene rings is 1. The minimum atomic E-state index is -0.501. The Bertz CT molecular complexity index is 660. The Morgan fingerprint density at radius 3 is 2.45 bits per heavy atom. The van der Waals surface area contributed by atoms with Gasteiger partial charge in [-0.05, 0) is 69.6 Å². The molecular weight excluding hydrogens is 366 g/mol. The molecule has 1 N–H and O–H groups in total. The van der Waals surface area contributed by atoms with E-state index in [0.717, 1.165) is 45.6 Å². The molecule has 2 aliphatic heterocycles. The van der Waals surface area contributed by atoms with Gasteiger partial charge in [0.05, 0.1) is 13.2 Å². The molecule has 1 unspecified atom stereocenters. The zero-order valence-corrected chi connectivity index (χ0v) is 17.7. The predicted octanol–water partition coefficient (Wildman–Crippen LogP) is 3.05. The highest BCUT2D eigenvalue weighted by Gasteiger charge is 2.19. The number of hydrogen-bond donors (Lipinski definition) is 1. The zero-order valence-electron chi connectivity index (χ0n) is 17.7. The van der Waals surface area contributed by atoms with E-state index < -0.39 is 6.10 Å². The summed E-state index contributed by atoms with van der Waals surface area (Å²) in [5.41, 5.74) is 1.18. The molecule has 2 aliphatic rings. The van der Waals surface area contributed by atoms with Gasteiger partial charge in [-0.2, -0.15) is 5.26 Å². The fourth-order valence-corrected chi connectivity index (χ4v) is 4.26. The molecule has 2 saturated heterocycles. The van der Waals surface area contributed by atoms with Crippen LogP contribution in [0, 0.1) is 17.2 Å². The topological polar surface area (TPSA) is 69.0 Å². The van der Waals surface area contributed by atoms with Crippen LogP contribution >= 0.6 is 0 Å². The zero-order chi connectivity index (χ0) is 20.5. The van der Waals surface area contributed by atoms with Gasteiger partial charge in [-0.15, -0.1) is 0 Å². The van der Waals surface area contributed by atoms with Crippen LogP contribution in [0.3, 0.4) is 0 Å². The molecule has 0 amide bonds. The minimum Gasteiger partial charge on any atom is -0.493 e. The monoisotopic (exact) mass is 401 g/mol. The molecule has 0 saturated carbocycles. The van der Waals surface area contributed by atoms with Crippen molar-refractivity contribution in [1.82, 2.24) is 9.80 Å². The lowest BCUT2D eigenvalue weighted by Gasteiger charge is -2.29. The van der Waals surface area contributed by atoms with E-state index in [9.17, 15) is 5.11 Å². The molecule has 0 bridgehead atoms. The number of nitrogens with zero attached hydrogens (tertiary/aromatic N) is 3. The second kappa shape index (κ2) is 11.4. The van der Waals surface area contributed by atoms with Crippen LogP contribution < -0.4 is 9.47 Å². The van der Waals surface area contributed by atoms with Gasteiger partial charge in [-0.3, -0.25) is 4.90 Å². The Hall–Kier alpha value is -1.81. The summed E-state index contributed by atoms with van der Waals surface area (Å²) in [6.07, 6.45) is 6.42. The fourth-order valence-electron chi connectivity index (χ4n) is 4.26. The van der Waals surface area contributed by atoms with Gasteiger partial charge >= 0.3 is 0 Å². The van der Waals surface area contributed by atoms with E-state index in [1.54, 1.807) is 7.11 Å². The van der Waals surface area contributed by atoms with Crippen LogP contribution in [0.15, 0.2) is 18.2 Å². The number of ether oxygens (including phenoxy) is 2. The van der Waals surface area contributed by atoms with E-state index in [4.69, 9.17) is 14.7 Å². The average molecular weight is 402 g/mol. The van der Waals surface area contributed by atoms with E-state index in [1.807, 2.05) is 12.1 Å². The molecule has 3 rings (SSSR count). The molecule has 0 spiro atoms. The lowest BCUT2D eigenvalue weighted by molar-refractivity contribution is 0.0683. The summed E-state index contributed by atoms with van der Waals surface area (Å²) >= 11 is 0. The third-order valence-corrected chi connectivity index (χ3v) is 6.00. The van der Waals surface area contributed by atoms with Crippen molar-refractivity contribution in [2.45, 2.75) is 51.2 Å². The van der Waals surface area contributed by atoms with Gasteiger partial charge in [0.2, 0.25) is 0 Å². The summed E-state index contributed by atoms with van der Waals surface area (Å²) in [7, 11) is 1.65. The summed E-state index contributed by atoms with van der Waals surface area (Å²) in [6.45, 7) is 5.85. The van der Waals surface area contributed by atoms with Crippen molar-refractivity contribution >= 4 is 0 Å². The van der Waals surface area contributed by atoms with Gasteiger partial charge in [0, 0.05) is 19.0 Å². The van der Waals surface area contributed by atoms with Crippen molar-refractivity contribution in [2.75, 3.05) is 46.4 Å². The molecule has 1 aromatic rings. The summed E-state index contributed by atoms with van der Waals surface area (Å²) in [5.74, 6) is 1.59. The van der Waals surface area contributed by atoms with Crippen LogP contribution in [-0.2, 0) is 6.54 Å². The van der Waals surface area contributed by atoms with E-state index in [1.165, 1.54) is 31.2 Å². The fraction of sp³-hybridized carbons (Fsp3) is 0.696. The number of piperidine rings is 1. The van der Waals surface area contributed by atoms with Crippen molar-refractivity contribution < 1.29 is 14.6 Å². The second-order valence-corrected chi connectivity index (χ2v) is 8.34. The van der Waals surface area contributed by atoms with E-state index in [0.29, 0.717) is 18.0 Å². The third-order valence-electron chi connectivity index (χ3n) is 6.00. The van der Waals surface area contributed by atoms with Crippen molar-refractivity contribution in [1.29, 1.82) is 5.26 Å². The van der Waals surface area contributed by atoms with Crippen LogP contribution in [0.1, 0.15) is 44.1 Å². The molecule has 2 heterocycles. The largest absolute Gasteiger partial charge is 0.493 e. The summed E-state index contributed by atoms with van der Waals surface area (Å²) < 4.78 is 11.4. The molecule has 2 fully saturated rings. The molecule has 160 valence electrons. The summed E-state index contributed by atoms with van der Waals surface area (Å²) in [4.78, 5) is 4.73. The third kappa shape index (κ3) is 6.88. The van der Waals surface area contributed by atoms with Crippen LogP contribution in [0.2, 0.25) is 0 Å². The Labute approximate surface area is 175 Å². The van der Waals surface area contributed by atoms with E-state index in [-0.39, 0.29) is 12.5 Å². The highest BCUT2D eigenvalue weighted by atomic mass is 16.5. The number of nitriles is 1. The number of hydrogen-bond acceptors (Lipinski definition) is 6. The molecule has 1 atom stereocenters. The Balaban J connectivity index is 1.48. The molecule has 29 heavy (non-hydrogen) atoms. The normalized spacial score (nSPS) is 20.6. The van der Waals surface area contributed by atoms with Gasteiger partial charge in [0.25, 0.3) is 0 Å². The molecular formula is C23H35N3O3. The first-order valence-corrected chi connectivity index (χ1v) is 11.0. The molecule has 6 nitrogen and oxygen atoms in total. The number of likely N-dealkylation sites (tertiary alicyclic amines) is 2. The van der Waals surface area contributed by atoms with Crippen LogP contribution in [0.5, 0.6) is 11.5 Å². The molecule has 1 aromatic carbocycles. The number of aliphatic hydroxyl groups excluding tert-OH is 1. The predicted molar refractivity (Wildman–Crippen MR) is 113 cm³/mol. The number of aliphatic hydroxyl groups is 1. The van der Waals surface area contributed by atoms with Crippen molar-refractivity contribution in [3.63, 3.8) is 0 Å². The maximum atomic E-state index is 10.4. The standard InChI is InChI=1S/C23H35N3O3/c1-28-23-14-20(16-26-12-8-19(15-24)9-13-26)6-7-22(23)29-18-21(27)17-25-10-4-2-3-5-11-25/h6-7,14,19,21,27H,2-5,8-13,16-18H2,1H3. The summed E-state index contributed by atoms with van der Waals surface area (Å²) in [5, 5.41) is 19.4. The highest BCUT2D eigenvalue weighted by molar-refractivity contribution is 5.43. The molecule has 0 aliphatic carbocycles. The quantitative estimate of drug-likeness (QED) is 0.722. The van der Waals surface area contributed by atoms with Gasteiger partial charge in [0.1, 0.15) is 12.7 Å². The maximum absolute atomic E-state index is 10.4. The van der Waals surface area contributed by atoms with Crippen molar-refractivity contribution in [3.8, 4) is 17.6 Å². The number of methoxy groups -OCH3 is 1. The van der Waals surface area contributed by atoms with E-state index >= 15 is 0 Å². The first-order chi connectivity index (χ1) is 14.2. The van der Waals surface area contributed by atoms with Crippen LogP contribution in [0.4, 0.5) is 0 Å². The Morgan fingerprint density at radius 2 is 1.79 bits per heavy atom. The minimum absolute atomic E-state index is 0.206. The van der Waals surface area contributed by atoms with Crippen LogP contribution in [0.25, 0.3) is 0 Å². The van der Waals surface area contributed by atoms with E-state index in [2.05, 4.69) is 21.9 Å². The van der Waals surface area contributed by atoms with Gasteiger partial charge in [-0.25, -0.2) is 0 Å². The van der Waals surface area contributed by atoms with Gasteiger partial charge in [-0.1, -0.05) is 18.9 Å². The lowest BCUT2D eigenvalue weighted by Crippen LogP contribution is -2.36. The van der Waals surface area contributed by atoms with Crippen molar-refractivity contribution in [2.24, 2.45) is 5.92 Å². The lowest BCUT2D eigenvalue weighted by atomic mass is 9.98. The first kappa shape index (κ1) is 21.9. The van der Waals surface area contributed by atoms with Gasteiger partial charge in [0.15, 0.2) is 11.5 Å². The molecule has 0 aromatic heterocycles. The first-order valence-electron chi connectivity index (χ1n) is 11.0. The smallest absolute Gasteiger partial charge is 0.161 e. The number of rotatable bonds is 8. The molecule has 6 heteroatoms. The molecule has 0 radical (unpaired) electrons. The maximum Gasteiger partial charge on any atom is 0.161 e. The van der Waals surface area contributed by atoms with Crippen LogP contribution in [-0.4, -0.2) is 67.5 Å².